The lowest BCUT2D eigenvalue weighted by atomic mass is 9.76. The molecular weight excluding hydrogens is 268 g/mol. The molecule has 0 heterocycles. The van der Waals surface area contributed by atoms with E-state index < -0.39 is 11.5 Å². The van der Waals surface area contributed by atoms with E-state index in [0.717, 1.165) is 32.1 Å². The SMILES string of the molecule is CC1CCCC(NC(=O)NCCC2=CCCC2)(C(=O)O)C1. The molecule has 5 nitrogen and oxygen atoms in total. The van der Waals surface area contributed by atoms with Gasteiger partial charge in [0.2, 0.25) is 0 Å². The predicted molar refractivity (Wildman–Crippen MR) is 81.1 cm³/mol. The summed E-state index contributed by atoms with van der Waals surface area (Å²) in [4.78, 5) is 23.6. The van der Waals surface area contributed by atoms with Crippen LogP contribution in [0, 0.1) is 5.92 Å². The van der Waals surface area contributed by atoms with Crippen LogP contribution in [0.4, 0.5) is 4.79 Å². The molecule has 0 saturated heterocycles. The first-order valence-electron chi connectivity index (χ1n) is 7.99. The molecule has 0 spiro atoms. The number of urea groups is 1. The molecule has 2 unspecified atom stereocenters. The molecule has 118 valence electrons. The molecule has 1 fully saturated rings. The van der Waals surface area contributed by atoms with Crippen LogP contribution in [0.25, 0.3) is 0 Å². The number of carbonyl (C=O) groups excluding carboxylic acids is 1. The first kappa shape index (κ1) is 15.9. The zero-order chi connectivity index (χ0) is 15.3. The van der Waals surface area contributed by atoms with Crippen molar-refractivity contribution in [1.82, 2.24) is 10.6 Å². The fourth-order valence-corrected chi connectivity index (χ4v) is 3.48. The van der Waals surface area contributed by atoms with Gasteiger partial charge in [0.15, 0.2) is 0 Å². The summed E-state index contributed by atoms with van der Waals surface area (Å²) in [7, 11) is 0. The number of aliphatic carboxylic acids is 1. The van der Waals surface area contributed by atoms with Gasteiger partial charge in [0, 0.05) is 6.54 Å². The summed E-state index contributed by atoms with van der Waals surface area (Å²) < 4.78 is 0. The number of nitrogens with one attached hydrogen (secondary N) is 2. The van der Waals surface area contributed by atoms with Crippen LogP contribution < -0.4 is 10.6 Å². The van der Waals surface area contributed by atoms with Crippen LogP contribution in [0.1, 0.15) is 58.3 Å². The van der Waals surface area contributed by atoms with Crippen molar-refractivity contribution in [2.75, 3.05) is 6.54 Å². The highest BCUT2D eigenvalue weighted by Gasteiger charge is 2.43. The average molecular weight is 294 g/mol. The minimum Gasteiger partial charge on any atom is -0.480 e. The summed E-state index contributed by atoms with van der Waals surface area (Å²) in [6.07, 6.45) is 9.49. The maximum Gasteiger partial charge on any atom is 0.329 e. The number of amides is 2. The highest BCUT2D eigenvalue weighted by molar-refractivity contribution is 5.86. The van der Waals surface area contributed by atoms with Crippen LogP contribution in [0.2, 0.25) is 0 Å². The molecule has 2 aliphatic rings. The van der Waals surface area contributed by atoms with E-state index in [9.17, 15) is 14.7 Å². The second kappa shape index (κ2) is 6.96. The van der Waals surface area contributed by atoms with E-state index in [1.165, 1.54) is 12.0 Å². The molecule has 2 rings (SSSR count). The molecule has 2 amide bonds. The van der Waals surface area contributed by atoms with Crippen molar-refractivity contribution in [2.45, 2.75) is 63.8 Å². The molecule has 21 heavy (non-hydrogen) atoms. The van der Waals surface area contributed by atoms with Gasteiger partial charge < -0.3 is 15.7 Å². The molecule has 0 aliphatic heterocycles. The fraction of sp³-hybridized carbons (Fsp3) is 0.750. The Morgan fingerprint density at radius 1 is 1.43 bits per heavy atom. The minimum atomic E-state index is -1.09. The van der Waals surface area contributed by atoms with Gasteiger partial charge in [-0.25, -0.2) is 9.59 Å². The van der Waals surface area contributed by atoms with E-state index in [1.54, 1.807) is 0 Å². The Morgan fingerprint density at radius 2 is 2.24 bits per heavy atom. The summed E-state index contributed by atoms with van der Waals surface area (Å²) in [6.45, 7) is 2.62. The summed E-state index contributed by atoms with van der Waals surface area (Å²) in [5.41, 5.74) is 0.309. The zero-order valence-corrected chi connectivity index (χ0v) is 12.8. The number of hydrogen-bond acceptors (Lipinski definition) is 2. The van der Waals surface area contributed by atoms with Gasteiger partial charge in [0.25, 0.3) is 0 Å². The van der Waals surface area contributed by atoms with Gasteiger partial charge in [-0.15, -0.1) is 0 Å². The molecule has 2 aliphatic carbocycles. The summed E-state index contributed by atoms with van der Waals surface area (Å²) in [5, 5.41) is 15.0. The third-order valence-corrected chi connectivity index (χ3v) is 4.63. The Kier molecular flexibility index (Phi) is 5.26. The summed E-state index contributed by atoms with van der Waals surface area (Å²) >= 11 is 0. The Bertz CT molecular complexity index is 433. The van der Waals surface area contributed by atoms with Gasteiger partial charge in [0.1, 0.15) is 5.54 Å². The number of hydrogen-bond donors (Lipinski definition) is 3. The standard InChI is InChI=1S/C16H26N2O3/c1-12-5-4-9-16(11-12,14(19)20)18-15(21)17-10-8-13-6-2-3-7-13/h6,12H,2-5,7-11H2,1H3,(H,19,20)(H2,17,18,21). The first-order chi connectivity index (χ1) is 10.0. The molecule has 0 radical (unpaired) electrons. The quantitative estimate of drug-likeness (QED) is 0.682. The number of carboxylic acids is 1. The van der Waals surface area contributed by atoms with Crippen LogP contribution in [0.15, 0.2) is 11.6 Å². The molecule has 2 atom stereocenters. The molecule has 0 aromatic rings. The lowest BCUT2D eigenvalue weighted by Crippen LogP contribution is -2.59. The molecular formula is C16H26N2O3. The smallest absolute Gasteiger partial charge is 0.329 e. The molecule has 1 saturated carbocycles. The van der Waals surface area contributed by atoms with E-state index in [-0.39, 0.29) is 6.03 Å². The predicted octanol–water partition coefficient (Wildman–Crippen LogP) is 2.82. The van der Waals surface area contributed by atoms with Crippen LogP contribution in [0.5, 0.6) is 0 Å². The Labute approximate surface area is 126 Å². The third kappa shape index (κ3) is 4.22. The number of carbonyl (C=O) groups is 2. The van der Waals surface area contributed by atoms with Crippen molar-refractivity contribution in [3.63, 3.8) is 0 Å². The third-order valence-electron chi connectivity index (χ3n) is 4.63. The van der Waals surface area contributed by atoms with E-state index in [2.05, 4.69) is 16.7 Å². The van der Waals surface area contributed by atoms with Gasteiger partial charge in [-0.05, 0) is 44.4 Å². The van der Waals surface area contributed by atoms with Gasteiger partial charge in [-0.2, -0.15) is 0 Å². The largest absolute Gasteiger partial charge is 0.480 e. The van der Waals surface area contributed by atoms with Crippen molar-refractivity contribution < 1.29 is 14.7 Å². The minimum absolute atomic E-state index is 0.332. The normalized spacial score (nSPS) is 28.8. The Morgan fingerprint density at radius 3 is 2.86 bits per heavy atom. The van der Waals surface area contributed by atoms with Crippen molar-refractivity contribution >= 4 is 12.0 Å². The molecule has 5 heteroatoms. The molecule has 0 aromatic heterocycles. The highest BCUT2D eigenvalue weighted by atomic mass is 16.4. The Hall–Kier alpha value is -1.52. The molecule has 0 aromatic carbocycles. The lowest BCUT2D eigenvalue weighted by molar-refractivity contribution is -0.146. The number of rotatable bonds is 5. The van der Waals surface area contributed by atoms with E-state index in [1.807, 2.05) is 6.92 Å². The van der Waals surface area contributed by atoms with Gasteiger partial charge in [-0.3, -0.25) is 0 Å². The number of allylic oxidation sites excluding steroid dienone is 1. The molecule has 3 N–H and O–H groups in total. The fourth-order valence-electron chi connectivity index (χ4n) is 3.48. The second-order valence-corrected chi connectivity index (χ2v) is 6.47. The number of carboxylic acid groups (broad SMARTS) is 1. The van der Waals surface area contributed by atoms with Gasteiger partial charge >= 0.3 is 12.0 Å². The van der Waals surface area contributed by atoms with Crippen molar-refractivity contribution in [1.29, 1.82) is 0 Å². The topological polar surface area (TPSA) is 78.4 Å². The second-order valence-electron chi connectivity index (χ2n) is 6.47. The lowest BCUT2D eigenvalue weighted by Gasteiger charge is -2.37. The summed E-state index contributed by atoms with van der Waals surface area (Å²) in [5.74, 6) is -0.582. The summed E-state index contributed by atoms with van der Waals surface area (Å²) in [6, 6.07) is -0.356. The Balaban J connectivity index is 1.82. The first-order valence-corrected chi connectivity index (χ1v) is 7.99. The van der Waals surface area contributed by atoms with Crippen molar-refractivity contribution in [3.05, 3.63) is 11.6 Å². The van der Waals surface area contributed by atoms with Crippen LogP contribution in [0.3, 0.4) is 0 Å². The maximum absolute atomic E-state index is 12.0. The molecule has 0 bridgehead atoms. The van der Waals surface area contributed by atoms with E-state index in [4.69, 9.17) is 0 Å². The van der Waals surface area contributed by atoms with Crippen LogP contribution in [-0.4, -0.2) is 29.2 Å². The van der Waals surface area contributed by atoms with Crippen molar-refractivity contribution in [3.8, 4) is 0 Å². The monoisotopic (exact) mass is 294 g/mol. The average Bonchev–Trinajstić information content (AvgIpc) is 2.91. The van der Waals surface area contributed by atoms with Crippen molar-refractivity contribution in [2.24, 2.45) is 5.92 Å². The van der Waals surface area contributed by atoms with Gasteiger partial charge in [0.05, 0.1) is 0 Å². The van der Waals surface area contributed by atoms with E-state index in [0.29, 0.717) is 25.3 Å². The zero-order valence-electron chi connectivity index (χ0n) is 12.8. The van der Waals surface area contributed by atoms with Gasteiger partial charge in [-0.1, -0.05) is 31.4 Å². The van der Waals surface area contributed by atoms with Crippen LogP contribution >= 0.6 is 0 Å². The maximum atomic E-state index is 12.0. The highest BCUT2D eigenvalue weighted by Crippen LogP contribution is 2.32. The van der Waals surface area contributed by atoms with Crippen LogP contribution in [-0.2, 0) is 4.79 Å². The van der Waals surface area contributed by atoms with E-state index >= 15 is 0 Å².